The van der Waals surface area contributed by atoms with Gasteiger partial charge in [-0.3, -0.25) is 15.0 Å². The number of nitrogens with zero attached hydrogens (tertiary/aromatic N) is 1. The SMILES string of the molecule is Cc1ccc2c(c1C(=O)CBr)CN(NC(=O)c1ccccc1)N2. The number of rotatable bonds is 4. The van der Waals surface area contributed by atoms with Crippen molar-refractivity contribution >= 4 is 33.3 Å². The van der Waals surface area contributed by atoms with Crippen LogP contribution >= 0.6 is 15.9 Å². The second kappa shape index (κ2) is 6.52. The van der Waals surface area contributed by atoms with Gasteiger partial charge < -0.3 is 5.43 Å². The lowest BCUT2D eigenvalue weighted by atomic mass is 9.98. The molecule has 0 aliphatic carbocycles. The largest absolute Gasteiger partial charge is 0.301 e. The Balaban J connectivity index is 1.80. The van der Waals surface area contributed by atoms with Gasteiger partial charge in [-0.1, -0.05) is 40.2 Å². The molecule has 0 aromatic heterocycles. The summed E-state index contributed by atoms with van der Waals surface area (Å²) < 4.78 is 0. The molecule has 2 aromatic rings. The Bertz CT molecular complexity index is 762. The van der Waals surface area contributed by atoms with Crippen molar-refractivity contribution in [2.75, 3.05) is 10.8 Å². The number of hydrazine groups is 2. The molecule has 0 saturated carbocycles. The molecule has 23 heavy (non-hydrogen) atoms. The lowest BCUT2D eigenvalue weighted by Crippen LogP contribution is -2.42. The number of fused-ring (bicyclic) bond motifs is 1. The molecule has 1 aliphatic rings. The molecule has 2 aromatic carbocycles. The number of ketones is 1. The van der Waals surface area contributed by atoms with Gasteiger partial charge in [-0.15, -0.1) is 5.12 Å². The molecule has 0 atom stereocenters. The number of nitrogens with one attached hydrogen (secondary N) is 2. The molecular weight excluding hydrogens is 358 g/mol. The first-order valence-electron chi connectivity index (χ1n) is 7.22. The standard InChI is InChI=1S/C17H16BrN3O2/c1-11-7-8-14-13(16(11)15(22)9-18)10-21(19-14)20-17(23)12-5-3-2-4-6-12/h2-8,19H,9-10H2,1H3,(H,20,23). The lowest BCUT2D eigenvalue weighted by molar-refractivity contribution is 0.0828. The van der Waals surface area contributed by atoms with E-state index in [0.717, 1.165) is 16.8 Å². The number of aryl methyl sites for hydroxylation is 1. The van der Waals surface area contributed by atoms with Crippen LogP contribution in [0.3, 0.4) is 0 Å². The summed E-state index contributed by atoms with van der Waals surface area (Å²) in [7, 11) is 0. The lowest BCUT2D eigenvalue weighted by Gasteiger charge is -2.17. The molecule has 0 unspecified atom stereocenters. The van der Waals surface area contributed by atoms with Crippen LogP contribution in [0.5, 0.6) is 0 Å². The Morgan fingerprint density at radius 3 is 2.65 bits per heavy atom. The zero-order chi connectivity index (χ0) is 16.4. The molecule has 5 nitrogen and oxygen atoms in total. The van der Waals surface area contributed by atoms with E-state index in [-0.39, 0.29) is 17.0 Å². The fourth-order valence-corrected chi connectivity index (χ4v) is 2.96. The van der Waals surface area contributed by atoms with Gasteiger partial charge in [0.1, 0.15) is 0 Å². The van der Waals surface area contributed by atoms with Crippen LogP contribution in [0.1, 0.15) is 31.8 Å². The van der Waals surface area contributed by atoms with Gasteiger partial charge in [-0.25, -0.2) is 0 Å². The average molecular weight is 374 g/mol. The Morgan fingerprint density at radius 1 is 1.22 bits per heavy atom. The highest BCUT2D eigenvalue weighted by Crippen LogP contribution is 2.30. The van der Waals surface area contributed by atoms with Crippen LogP contribution in [0.15, 0.2) is 42.5 Å². The summed E-state index contributed by atoms with van der Waals surface area (Å²) >= 11 is 3.23. The van der Waals surface area contributed by atoms with Crippen molar-refractivity contribution in [3.8, 4) is 0 Å². The van der Waals surface area contributed by atoms with E-state index in [1.165, 1.54) is 0 Å². The molecular formula is C17H16BrN3O2. The van der Waals surface area contributed by atoms with E-state index in [0.29, 0.717) is 17.7 Å². The van der Waals surface area contributed by atoms with Crippen LogP contribution in [0, 0.1) is 6.92 Å². The van der Waals surface area contributed by atoms with Crippen LogP contribution in [-0.2, 0) is 6.54 Å². The molecule has 0 radical (unpaired) electrons. The number of Topliss-reactive ketones (excluding diaryl/α,β-unsaturated/α-hetero) is 1. The van der Waals surface area contributed by atoms with Gasteiger partial charge >= 0.3 is 0 Å². The molecule has 0 saturated heterocycles. The third-order valence-corrected chi connectivity index (χ3v) is 4.27. The summed E-state index contributed by atoms with van der Waals surface area (Å²) in [5.41, 5.74) is 9.90. The maximum Gasteiger partial charge on any atom is 0.266 e. The minimum atomic E-state index is -0.198. The van der Waals surface area contributed by atoms with E-state index in [9.17, 15) is 9.59 Å². The van der Waals surface area contributed by atoms with Crippen molar-refractivity contribution in [1.82, 2.24) is 10.5 Å². The molecule has 6 heteroatoms. The minimum Gasteiger partial charge on any atom is -0.301 e. The monoisotopic (exact) mass is 373 g/mol. The van der Waals surface area contributed by atoms with E-state index < -0.39 is 0 Å². The van der Waals surface area contributed by atoms with E-state index in [2.05, 4.69) is 26.8 Å². The summed E-state index contributed by atoms with van der Waals surface area (Å²) in [5.74, 6) is -0.159. The number of anilines is 1. The summed E-state index contributed by atoms with van der Waals surface area (Å²) in [6.45, 7) is 2.35. The van der Waals surface area contributed by atoms with E-state index in [4.69, 9.17) is 0 Å². The van der Waals surface area contributed by atoms with Gasteiger partial charge in [0, 0.05) is 16.7 Å². The number of hydrogen-bond donors (Lipinski definition) is 2. The number of hydrogen-bond acceptors (Lipinski definition) is 4. The molecule has 0 fully saturated rings. The van der Waals surface area contributed by atoms with Crippen molar-refractivity contribution in [2.45, 2.75) is 13.5 Å². The Labute approximate surface area is 142 Å². The van der Waals surface area contributed by atoms with Gasteiger partial charge in [-0.2, -0.15) is 0 Å². The number of amides is 1. The first kappa shape index (κ1) is 15.7. The van der Waals surface area contributed by atoms with E-state index >= 15 is 0 Å². The van der Waals surface area contributed by atoms with Crippen LogP contribution in [0.4, 0.5) is 5.69 Å². The number of carbonyl (C=O) groups excluding carboxylic acids is 2. The van der Waals surface area contributed by atoms with Crippen LogP contribution < -0.4 is 10.9 Å². The quantitative estimate of drug-likeness (QED) is 0.638. The zero-order valence-corrected chi connectivity index (χ0v) is 14.2. The normalized spacial score (nSPS) is 13.3. The van der Waals surface area contributed by atoms with Crippen molar-refractivity contribution in [3.05, 3.63) is 64.7 Å². The van der Waals surface area contributed by atoms with Crippen molar-refractivity contribution in [3.63, 3.8) is 0 Å². The van der Waals surface area contributed by atoms with Gasteiger partial charge in [-0.05, 0) is 30.7 Å². The third kappa shape index (κ3) is 3.13. The van der Waals surface area contributed by atoms with Crippen molar-refractivity contribution in [2.24, 2.45) is 0 Å². The van der Waals surface area contributed by atoms with Crippen LogP contribution in [0.2, 0.25) is 0 Å². The summed E-state index contributed by atoms with van der Waals surface area (Å²) in [6.07, 6.45) is 0. The summed E-state index contributed by atoms with van der Waals surface area (Å²) in [5, 5.41) is 1.88. The van der Waals surface area contributed by atoms with E-state index in [1.54, 1.807) is 17.3 Å². The summed E-state index contributed by atoms with van der Waals surface area (Å²) in [4.78, 5) is 24.4. The first-order valence-corrected chi connectivity index (χ1v) is 8.34. The van der Waals surface area contributed by atoms with Gasteiger partial charge in [0.2, 0.25) is 0 Å². The number of carbonyl (C=O) groups is 2. The fraction of sp³-hybridized carbons (Fsp3) is 0.176. The molecule has 1 heterocycles. The van der Waals surface area contributed by atoms with Crippen molar-refractivity contribution in [1.29, 1.82) is 0 Å². The number of benzene rings is 2. The van der Waals surface area contributed by atoms with E-state index in [1.807, 2.05) is 37.3 Å². The minimum absolute atomic E-state index is 0.0392. The molecule has 0 bridgehead atoms. The second-order valence-corrected chi connectivity index (χ2v) is 5.91. The Kier molecular flexibility index (Phi) is 4.45. The molecule has 1 aliphatic heterocycles. The van der Waals surface area contributed by atoms with Crippen LogP contribution in [0.25, 0.3) is 0 Å². The van der Waals surface area contributed by atoms with Crippen LogP contribution in [-0.4, -0.2) is 22.1 Å². The molecule has 118 valence electrons. The molecule has 3 rings (SSSR count). The second-order valence-electron chi connectivity index (χ2n) is 5.35. The maximum atomic E-state index is 12.2. The highest BCUT2D eigenvalue weighted by atomic mass is 79.9. The molecule has 1 amide bonds. The predicted molar refractivity (Wildman–Crippen MR) is 92.4 cm³/mol. The highest BCUT2D eigenvalue weighted by molar-refractivity contribution is 9.09. The van der Waals surface area contributed by atoms with Crippen molar-refractivity contribution < 1.29 is 9.59 Å². The average Bonchev–Trinajstić information content (AvgIpc) is 2.97. The van der Waals surface area contributed by atoms with Gasteiger partial charge in [0.15, 0.2) is 5.78 Å². The topological polar surface area (TPSA) is 61.4 Å². The molecule has 0 spiro atoms. The first-order chi connectivity index (χ1) is 11.1. The fourth-order valence-electron chi connectivity index (χ4n) is 2.68. The molecule has 2 N–H and O–H groups in total. The predicted octanol–water partition coefficient (Wildman–Crippen LogP) is 3.06. The number of halogens is 1. The number of alkyl halides is 1. The maximum absolute atomic E-state index is 12.2. The summed E-state index contributed by atoms with van der Waals surface area (Å²) in [6, 6.07) is 12.8. The third-order valence-electron chi connectivity index (χ3n) is 3.77. The highest BCUT2D eigenvalue weighted by Gasteiger charge is 2.26. The smallest absolute Gasteiger partial charge is 0.266 e. The van der Waals surface area contributed by atoms with Gasteiger partial charge in [0.05, 0.1) is 17.6 Å². The zero-order valence-electron chi connectivity index (χ0n) is 12.6. The Hall–Kier alpha value is -2.18. The van der Waals surface area contributed by atoms with Gasteiger partial charge in [0.25, 0.3) is 5.91 Å². The Morgan fingerprint density at radius 2 is 1.96 bits per heavy atom.